The van der Waals surface area contributed by atoms with Crippen LogP contribution in [0.4, 0.5) is 0 Å². The highest BCUT2D eigenvalue weighted by molar-refractivity contribution is 7.91. The van der Waals surface area contributed by atoms with Crippen LogP contribution in [0.5, 0.6) is 0 Å². The molecule has 1 aromatic heterocycles. The van der Waals surface area contributed by atoms with Crippen LogP contribution in [0.25, 0.3) is 10.2 Å². The van der Waals surface area contributed by atoms with E-state index in [0.29, 0.717) is 9.82 Å². The van der Waals surface area contributed by atoms with Crippen molar-refractivity contribution in [1.82, 2.24) is 4.57 Å². The summed E-state index contributed by atoms with van der Waals surface area (Å²) in [7, 11) is -3.52. The second-order valence-corrected chi connectivity index (χ2v) is 10.7. The summed E-state index contributed by atoms with van der Waals surface area (Å²) in [6, 6.07) is 11.7. The first-order chi connectivity index (χ1) is 15.2. The molecule has 0 atom stereocenters. The maximum atomic E-state index is 12.5. The van der Waals surface area contributed by atoms with Crippen LogP contribution in [0.15, 0.2) is 52.4 Å². The third-order valence-electron chi connectivity index (χ3n) is 4.63. The van der Waals surface area contributed by atoms with Gasteiger partial charge >= 0.3 is 5.97 Å². The molecule has 0 aliphatic heterocycles. The minimum Gasteiger partial charge on any atom is -0.465 e. The number of sulfone groups is 1. The van der Waals surface area contributed by atoms with Gasteiger partial charge in [-0.2, -0.15) is 4.99 Å². The lowest BCUT2D eigenvalue weighted by Gasteiger charge is -2.05. The number of amides is 1. The zero-order chi connectivity index (χ0) is 23.3. The molecule has 2 aromatic carbocycles. The Labute approximate surface area is 195 Å². The second kappa shape index (κ2) is 10.4. The van der Waals surface area contributed by atoms with Crippen molar-refractivity contribution in [2.45, 2.75) is 38.1 Å². The van der Waals surface area contributed by atoms with E-state index >= 15 is 0 Å². The van der Waals surface area contributed by atoms with Crippen LogP contribution in [-0.2, 0) is 30.7 Å². The van der Waals surface area contributed by atoms with E-state index in [4.69, 9.17) is 16.3 Å². The van der Waals surface area contributed by atoms with Gasteiger partial charge in [-0.1, -0.05) is 29.0 Å². The van der Waals surface area contributed by atoms with Gasteiger partial charge in [0.2, 0.25) is 5.91 Å². The van der Waals surface area contributed by atoms with Crippen LogP contribution < -0.4 is 4.80 Å². The van der Waals surface area contributed by atoms with Gasteiger partial charge in [0.1, 0.15) is 6.54 Å². The van der Waals surface area contributed by atoms with Gasteiger partial charge in [-0.15, -0.1) is 0 Å². The van der Waals surface area contributed by atoms with Crippen LogP contribution in [0.2, 0.25) is 5.02 Å². The smallest absolute Gasteiger partial charge is 0.326 e. The third kappa shape index (κ3) is 6.05. The molecule has 0 saturated carbocycles. The van der Waals surface area contributed by atoms with E-state index in [0.717, 1.165) is 15.8 Å². The van der Waals surface area contributed by atoms with Crippen LogP contribution in [0.1, 0.15) is 25.3 Å². The quantitative estimate of drug-likeness (QED) is 0.442. The van der Waals surface area contributed by atoms with E-state index in [-0.39, 0.29) is 36.6 Å². The number of benzene rings is 2. The number of esters is 1. The van der Waals surface area contributed by atoms with E-state index in [1.807, 2.05) is 25.1 Å². The van der Waals surface area contributed by atoms with Gasteiger partial charge in [0, 0.05) is 11.4 Å². The highest BCUT2D eigenvalue weighted by Gasteiger charge is 2.16. The molecule has 32 heavy (non-hydrogen) atoms. The van der Waals surface area contributed by atoms with Crippen molar-refractivity contribution in [3.05, 3.63) is 57.9 Å². The molecule has 0 fully saturated rings. The number of hydrogen-bond donors (Lipinski definition) is 0. The fourth-order valence-corrected chi connectivity index (χ4v) is 5.67. The number of rotatable bonds is 8. The largest absolute Gasteiger partial charge is 0.465 e. The molecule has 0 N–H and O–H groups in total. The monoisotopic (exact) mass is 494 g/mol. The van der Waals surface area contributed by atoms with Gasteiger partial charge in [0.25, 0.3) is 0 Å². The number of aryl methyl sites for hydroxylation is 1. The highest BCUT2D eigenvalue weighted by Crippen LogP contribution is 2.20. The summed E-state index contributed by atoms with van der Waals surface area (Å²) in [5.74, 6) is -1.04. The van der Waals surface area contributed by atoms with Crippen molar-refractivity contribution in [2.24, 2.45) is 4.99 Å². The number of aromatic nitrogens is 1. The second-order valence-electron chi connectivity index (χ2n) is 7.13. The van der Waals surface area contributed by atoms with Crippen LogP contribution in [0.3, 0.4) is 0 Å². The van der Waals surface area contributed by atoms with Gasteiger partial charge in [-0.05, 0) is 62.2 Å². The zero-order valence-corrected chi connectivity index (χ0v) is 20.1. The fraction of sp³-hybridized carbons (Fsp3) is 0.318. The Kier molecular flexibility index (Phi) is 7.86. The molecule has 0 spiro atoms. The number of thiazole rings is 1. The molecule has 170 valence electrons. The number of hydrogen-bond acceptors (Lipinski definition) is 6. The van der Waals surface area contributed by atoms with Gasteiger partial charge in [0.05, 0.1) is 27.5 Å². The van der Waals surface area contributed by atoms with Crippen molar-refractivity contribution >= 4 is 54.9 Å². The number of nitrogens with zero attached hydrogens (tertiary/aromatic N) is 2. The number of halogens is 1. The Balaban J connectivity index is 1.78. The van der Waals surface area contributed by atoms with E-state index < -0.39 is 21.7 Å². The first kappa shape index (κ1) is 24.2. The minimum absolute atomic E-state index is 0.0283. The molecule has 1 amide bonds. The lowest BCUT2D eigenvalue weighted by Crippen LogP contribution is -2.23. The predicted molar refractivity (Wildman–Crippen MR) is 124 cm³/mol. The van der Waals surface area contributed by atoms with Crippen molar-refractivity contribution < 1.29 is 22.7 Å². The SMILES string of the molecule is CCOC(=O)Cn1c(=NC(=O)CCCS(=O)(=O)c2ccc(Cl)cc2)sc2cc(C)ccc21. The topological polar surface area (TPSA) is 94.8 Å². The standard InChI is InChI=1S/C22H23ClN2O5S2/c1-3-30-21(27)14-25-18-11-6-15(2)13-19(18)31-22(25)24-20(26)5-4-12-32(28,29)17-9-7-16(23)8-10-17/h6-11,13H,3-5,12,14H2,1-2H3. The maximum Gasteiger partial charge on any atom is 0.326 e. The van der Waals surface area contributed by atoms with Gasteiger partial charge in [-0.3, -0.25) is 9.59 Å². The number of carbonyl (C=O) groups is 2. The van der Waals surface area contributed by atoms with Crippen LogP contribution in [-0.4, -0.2) is 37.2 Å². The number of ether oxygens (including phenoxy) is 1. The normalized spacial score (nSPS) is 12.3. The average Bonchev–Trinajstić information content (AvgIpc) is 3.04. The molecule has 3 aromatic rings. The zero-order valence-electron chi connectivity index (χ0n) is 17.7. The van der Waals surface area contributed by atoms with Crippen molar-refractivity contribution in [1.29, 1.82) is 0 Å². The van der Waals surface area contributed by atoms with Crippen molar-refractivity contribution in [3.8, 4) is 0 Å². The number of fused-ring (bicyclic) bond motifs is 1. The minimum atomic E-state index is -3.52. The Hall–Kier alpha value is -2.49. The summed E-state index contributed by atoms with van der Waals surface area (Å²) in [4.78, 5) is 29.3. The van der Waals surface area contributed by atoms with Gasteiger partial charge < -0.3 is 9.30 Å². The lowest BCUT2D eigenvalue weighted by molar-refractivity contribution is -0.143. The first-order valence-electron chi connectivity index (χ1n) is 10.0. The summed E-state index contributed by atoms with van der Waals surface area (Å²) in [5.41, 5.74) is 1.83. The number of carbonyl (C=O) groups excluding carboxylic acids is 2. The Bertz CT molecular complexity index is 1310. The highest BCUT2D eigenvalue weighted by atomic mass is 35.5. The predicted octanol–water partition coefficient (Wildman–Crippen LogP) is 3.91. The van der Waals surface area contributed by atoms with Crippen molar-refractivity contribution in [3.63, 3.8) is 0 Å². The average molecular weight is 495 g/mol. The molecule has 7 nitrogen and oxygen atoms in total. The van der Waals surface area contributed by atoms with E-state index in [1.54, 1.807) is 11.5 Å². The van der Waals surface area contributed by atoms with E-state index in [2.05, 4.69) is 4.99 Å². The van der Waals surface area contributed by atoms with Gasteiger partial charge in [-0.25, -0.2) is 8.42 Å². The summed E-state index contributed by atoms with van der Waals surface area (Å²) in [6.07, 6.45) is 0.106. The molecular weight excluding hydrogens is 472 g/mol. The molecule has 0 radical (unpaired) electrons. The molecule has 1 heterocycles. The summed E-state index contributed by atoms with van der Waals surface area (Å²) < 4.78 is 32.5. The molecule has 0 unspecified atom stereocenters. The first-order valence-corrected chi connectivity index (χ1v) is 12.9. The van der Waals surface area contributed by atoms with E-state index in [9.17, 15) is 18.0 Å². The van der Waals surface area contributed by atoms with E-state index in [1.165, 1.54) is 35.6 Å². The third-order valence-corrected chi connectivity index (χ3v) is 7.74. The summed E-state index contributed by atoms with van der Waals surface area (Å²) in [6.45, 7) is 3.88. The Morgan fingerprint density at radius 1 is 1.16 bits per heavy atom. The molecule has 10 heteroatoms. The summed E-state index contributed by atoms with van der Waals surface area (Å²) in [5, 5.41) is 0.451. The lowest BCUT2D eigenvalue weighted by atomic mass is 10.2. The molecule has 3 rings (SSSR count). The molecule has 0 aliphatic carbocycles. The van der Waals surface area contributed by atoms with Crippen molar-refractivity contribution in [2.75, 3.05) is 12.4 Å². The maximum absolute atomic E-state index is 12.5. The van der Waals surface area contributed by atoms with Gasteiger partial charge in [0.15, 0.2) is 14.6 Å². The molecule has 0 bridgehead atoms. The Morgan fingerprint density at radius 3 is 2.56 bits per heavy atom. The Morgan fingerprint density at radius 2 is 1.88 bits per heavy atom. The van der Waals surface area contributed by atoms with Crippen LogP contribution >= 0.6 is 22.9 Å². The molecular formula is C22H23ClN2O5S2. The fourth-order valence-electron chi connectivity index (χ4n) is 3.09. The van der Waals surface area contributed by atoms with Crippen LogP contribution in [0, 0.1) is 6.92 Å². The molecule has 0 saturated heterocycles. The molecule has 0 aliphatic rings. The summed E-state index contributed by atoms with van der Waals surface area (Å²) >= 11 is 7.10.